The first-order valence-electron chi connectivity index (χ1n) is 5.04. The summed E-state index contributed by atoms with van der Waals surface area (Å²) in [5.41, 5.74) is -1.10. The summed E-state index contributed by atoms with van der Waals surface area (Å²) in [5.74, 6) is -3.03. The van der Waals surface area contributed by atoms with Crippen LogP contribution in [0.1, 0.15) is 5.69 Å². The fourth-order valence-electron chi connectivity index (χ4n) is 1.75. The summed E-state index contributed by atoms with van der Waals surface area (Å²) < 4.78 is 48.6. The maximum absolute atomic E-state index is 13.1. The molecule has 18 heavy (non-hydrogen) atoms. The third kappa shape index (κ3) is 1.99. The Morgan fingerprint density at radius 2 is 1.89 bits per heavy atom. The summed E-state index contributed by atoms with van der Waals surface area (Å²) in [7, 11) is -2.10. The predicted molar refractivity (Wildman–Crippen MR) is 53.7 cm³/mol. The van der Waals surface area contributed by atoms with Crippen molar-refractivity contribution in [3.63, 3.8) is 0 Å². The van der Waals surface area contributed by atoms with E-state index in [1.165, 1.54) is 6.07 Å². The molecule has 0 bridgehead atoms. The number of hydrogen-bond donors (Lipinski definition) is 2. The lowest BCUT2D eigenvalue weighted by atomic mass is 9.77. The first-order chi connectivity index (χ1) is 8.38. The molecule has 1 aliphatic rings. The van der Waals surface area contributed by atoms with E-state index < -0.39 is 30.2 Å². The molecular formula is C9H9BF3NO4. The number of ether oxygens (including phenoxy) is 2. The number of aromatic nitrogens is 1. The zero-order valence-electron chi connectivity index (χ0n) is 9.02. The van der Waals surface area contributed by atoms with E-state index in [0.29, 0.717) is 0 Å². The molecule has 2 rings (SSSR count). The summed E-state index contributed by atoms with van der Waals surface area (Å²) in [6.07, 6.45) is -3.78. The van der Waals surface area contributed by atoms with Gasteiger partial charge < -0.3 is 19.5 Å². The largest absolute Gasteiger partial charge is 0.490 e. The van der Waals surface area contributed by atoms with E-state index in [1.54, 1.807) is 0 Å². The molecule has 2 N–H and O–H groups in total. The molecule has 1 aromatic rings. The first-order valence-corrected chi connectivity index (χ1v) is 5.04. The van der Waals surface area contributed by atoms with Gasteiger partial charge in [0.15, 0.2) is 0 Å². The molecule has 1 fully saturated rings. The SMILES string of the molecule is OB(O)c1cccnc1C1(C(F)(F)F)OCCO1. The van der Waals surface area contributed by atoms with Gasteiger partial charge in [0, 0.05) is 11.7 Å². The second-order valence-corrected chi connectivity index (χ2v) is 3.63. The summed E-state index contributed by atoms with van der Waals surface area (Å²) in [4.78, 5) is 3.53. The van der Waals surface area contributed by atoms with Crippen molar-refractivity contribution < 1.29 is 32.7 Å². The van der Waals surface area contributed by atoms with Crippen molar-refractivity contribution in [3.8, 4) is 0 Å². The summed E-state index contributed by atoms with van der Waals surface area (Å²) >= 11 is 0. The van der Waals surface area contributed by atoms with Crippen molar-refractivity contribution in [2.75, 3.05) is 13.2 Å². The number of rotatable bonds is 2. The standard InChI is InChI=1S/C9H9BF3NO4/c11-9(12,13)8(17-4-5-18-8)7-6(10(15)16)2-1-3-14-7/h1-3,15-16H,4-5H2. The van der Waals surface area contributed by atoms with Crippen LogP contribution >= 0.6 is 0 Å². The van der Waals surface area contributed by atoms with Crippen molar-refractivity contribution >= 4 is 12.6 Å². The lowest BCUT2D eigenvalue weighted by Gasteiger charge is -2.30. The number of pyridine rings is 1. The Bertz CT molecular complexity index is 434. The molecule has 0 spiro atoms. The zero-order valence-corrected chi connectivity index (χ0v) is 9.02. The average molecular weight is 263 g/mol. The fourth-order valence-corrected chi connectivity index (χ4v) is 1.75. The first kappa shape index (κ1) is 13.3. The quantitative estimate of drug-likeness (QED) is 0.705. The monoisotopic (exact) mass is 263 g/mol. The van der Waals surface area contributed by atoms with E-state index in [9.17, 15) is 13.2 Å². The highest BCUT2D eigenvalue weighted by Crippen LogP contribution is 2.44. The number of hydrogen-bond acceptors (Lipinski definition) is 5. The predicted octanol–water partition coefficient (Wildman–Crippen LogP) is -0.477. The molecule has 0 amide bonds. The lowest BCUT2D eigenvalue weighted by molar-refractivity contribution is -0.354. The second kappa shape index (κ2) is 4.50. The zero-order chi connectivity index (χ0) is 13.4. The van der Waals surface area contributed by atoms with E-state index in [-0.39, 0.29) is 13.2 Å². The molecule has 98 valence electrons. The van der Waals surface area contributed by atoms with Gasteiger partial charge in [-0.2, -0.15) is 13.2 Å². The minimum atomic E-state index is -4.87. The lowest BCUT2D eigenvalue weighted by Crippen LogP contribution is -2.50. The molecule has 1 aliphatic heterocycles. The molecule has 0 aliphatic carbocycles. The smallest absolute Gasteiger partial charge is 0.423 e. The van der Waals surface area contributed by atoms with E-state index in [2.05, 4.69) is 14.5 Å². The Hall–Kier alpha value is -1.16. The Labute approximate surface area is 100 Å². The summed E-state index contributed by atoms with van der Waals surface area (Å²) in [6.45, 7) is -0.506. The topological polar surface area (TPSA) is 71.8 Å². The van der Waals surface area contributed by atoms with Gasteiger partial charge in [-0.1, -0.05) is 6.07 Å². The Kier molecular flexibility index (Phi) is 3.32. The molecule has 0 saturated carbocycles. The average Bonchev–Trinajstić information content (AvgIpc) is 2.78. The molecule has 0 atom stereocenters. The van der Waals surface area contributed by atoms with Crippen LogP contribution in [-0.4, -0.2) is 41.5 Å². The van der Waals surface area contributed by atoms with Crippen molar-refractivity contribution in [2.45, 2.75) is 12.0 Å². The van der Waals surface area contributed by atoms with Gasteiger partial charge in [0.25, 0.3) is 0 Å². The third-order valence-corrected chi connectivity index (χ3v) is 2.50. The normalized spacial score (nSPS) is 18.9. The van der Waals surface area contributed by atoms with Gasteiger partial charge in [-0.05, 0) is 6.07 Å². The maximum Gasteiger partial charge on any atom is 0.490 e. The molecule has 1 aromatic heterocycles. The molecule has 0 radical (unpaired) electrons. The summed E-state index contributed by atoms with van der Waals surface area (Å²) in [5, 5.41) is 18.2. The molecule has 0 aromatic carbocycles. The highest BCUT2D eigenvalue weighted by molar-refractivity contribution is 6.59. The van der Waals surface area contributed by atoms with Crippen LogP contribution < -0.4 is 5.46 Å². The van der Waals surface area contributed by atoms with Gasteiger partial charge in [0.05, 0.1) is 13.2 Å². The van der Waals surface area contributed by atoms with Crippen LogP contribution in [-0.2, 0) is 15.3 Å². The number of nitrogens with zero attached hydrogens (tertiary/aromatic N) is 1. The number of halogens is 3. The van der Waals surface area contributed by atoms with E-state index in [1.807, 2.05) is 0 Å². The highest BCUT2D eigenvalue weighted by Gasteiger charge is 2.63. The molecule has 1 saturated heterocycles. The van der Waals surface area contributed by atoms with Gasteiger partial charge in [0.2, 0.25) is 0 Å². The molecular weight excluding hydrogens is 254 g/mol. The van der Waals surface area contributed by atoms with Crippen LogP contribution in [0.3, 0.4) is 0 Å². The molecule has 5 nitrogen and oxygen atoms in total. The van der Waals surface area contributed by atoms with Crippen LogP contribution in [0.2, 0.25) is 0 Å². The van der Waals surface area contributed by atoms with E-state index >= 15 is 0 Å². The van der Waals surface area contributed by atoms with Crippen LogP contribution in [0.5, 0.6) is 0 Å². The molecule has 2 heterocycles. The third-order valence-electron chi connectivity index (χ3n) is 2.50. The van der Waals surface area contributed by atoms with E-state index in [0.717, 1.165) is 12.3 Å². The summed E-state index contributed by atoms with van der Waals surface area (Å²) in [6, 6.07) is 2.41. The fraction of sp³-hybridized carbons (Fsp3) is 0.444. The Balaban J connectivity index is 2.57. The van der Waals surface area contributed by atoms with Crippen LogP contribution in [0.25, 0.3) is 0 Å². The van der Waals surface area contributed by atoms with Gasteiger partial charge in [-0.15, -0.1) is 0 Å². The minimum Gasteiger partial charge on any atom is -0.423 e. The second-order valence-electron chi connectivity index (χ2n) is 3.63. The van der Waals surface area contributed by atoms with Crippen molar-refractivity contribution in [2.24, 2.45) is 0 Å². The van der Waals surface area contributed by atoms with Gasteiger partial charge in [0.1, 0.15) is 5.69 Å². The van der Waals surface area contributed by atoms with Crippen molar-refractivity contribution in [3.05, 3.63) is 24.0 Å². The van der Waals surface area contributed by atoms with Gasteiger partial charge in [-0.3, -0.25) is 4.98 Å². The maximum atomic E-state index is 13.1. The minimum absolute atomic E-state index is 0.253. The van der Waals surface area contributed by atoms with Gasteiger partial charge in [-0.25, -0.2) is 0 Å². The Morgan fingerprint density at radius 3 is 2.39 bits per heavy atom. The molecule has 0 unspecified atom stereocenters. The van der Waals surface area contributed by atoms with E-state index in [4.69, 9.17) is 10.0 Å². The van der Waals surface area contributed by atoms with Crippen LogP contribution in [0.15, 0.2) is 18.3 Å². The van der Waals surface area contributed by atoms with Crippen LogP contribution in [0, 0.1) is 0 Å². The number of alkyl halides is 3. The van der Waals surface area contributed by atoms with Crippen LogP contribution in [0.4, 0.5) is 13.2 Å². The van der Waals surface area contributed by atoms with Crippen molar-refractivity contribution in [1.29, 1.82) is 0 Å². The Morgan fingerprint density at radius 1 is 1.28 bits per heavy atom. The van der Waals surface area contributed by atoms with Crippen molar-refractivity contribution in [1.82, 2.24) is 4.98 Å². The molecule has 9 heteroatoms. The highest BCUT2D eigenvalue weighted by atomic mass is 19.4. The van der Waals surface area contributed by atoms with Gasteiger partial charge >= 0.3 is 19.1 Å².